The summed E-state index contributed by atoms with van der Waals surface area (Å²) in [5, 5.41) is 36.9. The summed E-state index contributed by atoms with van der Waals surface area (Å²) in [4.78, 5) is 17.1. The van der Waals surface area contributed by atoms with Gasteiger partial charge in [-0.25, -0.2) is 4.98 Å². The van der Waals surface area contributed by atoms with Gasteiger partial charge in [-0.3, -0.25) is 4.68 Å². The number of nitrogens with two attached hydrogens (primary N) is 1. The zero-order valence-electron chi connectivity index (χ0n) is 17.9. The van der Waals surface area contributed by atoms with Gasteiger partial charge in [0.05, 0.1) is 30.0 Å². The molecule has 32 heavy (non-hydrogen) atoms. The highest BCUT2D eigenvalue weighted by Crippen LogP contribution is 2.34. The van der Waals surface area contributed by atoms with E-state index in [9.17, 15) is 20.5 Å². The monoisotopic (exact) mass is 454 g/mol. The summed E-state index contributed by atoms with van der Waals surface area (Å²) in [5.74, 6) is 1.14. The maximum atomic E-state index is 10.3. The predicted octanol–water partition coefficient (Wildman–Crippen LogP) is 1.93. The number of aliphatic hydroxyl groups is 1. The summed E-state index contributed by atoms with van der Waals surface area (Å²) in [5.41, 5.74) is 8.55. The summed E-state index contributed by atoms with van der Waals surface area (Å²) in [6, 6.07) is 4.67. The minimum atomic E-state index is -0.884. The zero-order valence-corrected chi connectivity index (χ0v) is 18.8. The van der Waals surface area contributed by atoms with Gasteiger partial charge in [-0.05, 0) is 24.8 Å². The van der Waals surface area contributed by atoms with Crippen molar-refractivity contribution in [2.24, 2.45) is 10.9 Å². The van der Waals surface area contributed by atoms with Gasteiger partial charge in [-0.15, -0.1) is 11.8 Å². The molecule has 2 aromatic heterocycles. The van der Waals surface area contributed by atoms with E-state index in [4.69, 9.17) is 10.7 Å². The van der Waals surface area contributed by atoms with Crippen LogP contribution in [0.4, 0.5) is 5.82 Å². The smallest absolute Gasteiger partial charge is 0.148 e. The van der Waals surface area contributed by atoms with E-state index in [0.29, 0.717) is 34.1 Å². The number of piperidine rings is 1. The van der Waals surface area contributed by atoms with Gasteiger partial charge in [0.15, 0.2) is 0 Å². The molecule has 1 aliphatic heterocycles. The third-order valence-electron chi connectivity index (χ3n) is 5.41. The molecular weight excluding hydrogens is 428 g/mol. The number of nitrogens with zero attached hydrogens (tertiary/aromatic N) is 7. The molecule has 3 N–H and O–H groups in total. The van der Waals surface area contributed by atoms with Crippen LogP contribution in [0.1, 0.15) is 42.0 Å². The van der Waals surface area contributed by atoms with Gasteiger partial charge in [0, 0.05) is 36.6 Å². The minimum Gasteiger partial charge on any atom is -0.389 e. The first-order valence-electron chi connectivity index (χ1n) is 10.5. The lowest BCUT2D eigenvalue weighted by atomic mass is 10.00. The van der Waals surface area contributed by atoms with Crippen LogP contribution in [0.15, 0.2) is 22.6 Å². The highest BCUT2D eigenvalue weighted by Gasteiger charge is 2.25. The summed E-state index contributed by atoms with van der Waals surface area (Å²) < 4.78 is 1.56. The number of nitriles is 2. The summed E-state index contributed by atoms with van der Waals surface area (Å²) >= 11 is 1.42. The molecule has 0 saturated carbocycles. The van der Waals surface area contributed by atoms with E-state index in [1.54, 1.807) is 17.1 Å². The molecule has 0 amide bonds. The molecule has 0 radical (unpaired) electrons. The van der Waals surface area contributed by atoms with Crippen LogP contribution >= 0.6 is 11.8 Å². The van der Waals surface area contributed by atoms with Gasteiger partial charge in [0.1, 0.15) is 29.5 Å². The zero-order chi connectivity index (χ0) is 23.1. The second kappa shape index (κ2) is 11.0. The average Bonchev–Trinajstić information content (AvgIpc) is 3.24. The Morgan fingerprint density at radius 2 is 2.06 bits per heavy atom. The number of pyridine rings is 1. The number of hydrogen-bond donors (Lipinski definition) is 2. The highest BCUT2D eigenvalue weighted by atomic mass is 32.2. The molecule has 3 heterocycles. The van der Waals surface area contributed by atoms with E-state index in [1.165, 1.54) is 11.8 Å². The number of hydrogen-bond acceptors (Lipinski definition) is 10. The van der Waals surface area contributed by atoms with Gasteiger partial charge in [-0.1, -0.05) is 12.1 Å². The second-order valence-corrected chi connectivity index (χ2v) is 8.66. The molecule has 168 valence electrons. The van der Waals surface area contributed by atoms with Crippen molar-refractivity contribution in [3.05, 3.63) is 39.6 Å². The van der Waals surface area contributed by atoms with Crippen LogP contribution in [0.5, 0.6) is 0 Å². The van der Waals surface area contributed by atoms with Crippen molar-refractivity contribution in [3.63, 3.8) is 0 Å². The maximum Gasteiger partial charge on any atom is 0.148 e. The molecule has 0 spiro atoms. The Balaban J connectivity index is 1.85. The van der Waals surface area contributed by atoms with E-state index in [1.807, 2.05) is 6.92 Å². The van der Waals surface area contributed by atoms with Gasteiger partial charge in [0.2, 0.25) is 0 Å². The average molecular weight is 455 g/mol. The molecule has 1 aliphatic rings. The first kappa shape index (κ1) is 23.7. The fourth-order valence-corrected chi connectivity index (χ4v) is 4.64. The molecule has 1 unspecified atom stereocenters. The molecule has 0 aromatic carbocycles. The number of thioether (sulfide) groups is 1. The fraction of sp³-hybridized carbons (Fsp3) is 0.524. The van der Waals surface area contributed by atoms with Gasteiger partial charge in [-0.2, -0.15) is 20.5 Å². The molecule has 0 bridgehead atoms. The summed E-state index contributed by atoms with van der Waals surface area (Å²) in [6.07, 6.45) is 4.80. The molecular formula is C21H26N8O2S. The molecule has 0 aliphatic carbocycles. The number of aromatic nitrogens is 3. The Morgan fingerprint density at radius 3 is 2.69 bits per heavy atom. The van der Waals surface area contributed by atoms with E-state index >= 15 is 0 Å². The van der Waals surface area contributed by atoms with Gasteiger partial charge < -0.3 is 15.7 Å². The Labute approximate surface area is 191 Å². The molecule has 11 heteroatoms. The predicted molar refractivity (Wildman–Crippen MR) is 121 cm³/mol. The Bertz CT molecular complexity index is 1030. The van der Waals surface area contributed by atoms with E-state index < -0.39 is 6.10 Å². The van der Waals surface area contributed by atoms with Crippen LogP contribution in [0.3, 0.4) is 0 Å². The number of nitroso groups, excluding NO2 is 1. The van der Waals surface area contributed by atoms with Crippen molar-refractivity contribution in [1.29, 1.82) is 10.5 Å². The number of rotatable bonds is 9. The van der Waals surface area contributed by atoms with Crippen molar-refractivity contribution in [2.75, 3.05) is 24.5 Å². The van der Waals surface area contributed by atoms with E-state index in [-0.39, 0.29) is 19.1 Å². The second-order valence-electron chi connectivity index (χ2n) is 7.70. The van der Waals surface area contributed by atoms with Crippen molar-refractivity contribution in [1.82, 2.24) is 14.8 Å². The van der Waals surface area contributed by atoms with E-state index in [2.05, 4.69) is 27.3 Å². The standard InChI is InChI=1S/C21H26N8O2S/c1-2-17-18(7-22)20(28-5-3-15(24)4-6-28)27-21(19(17)8-23)32-13-14-9-25-29(11-14)12-16(30)10-26-31/h9,11,15-16,30H,2-6,10,12-13,24H2,1H3. The Kier molecular flexibility index (Phi) is 8.17. The molecule has 1 saturated heterocycles. The van der Waals surface area contributed by atoms with E-state index in [0.717, 1.165) is 37.1 Å². The van der Waals surface area contributed by atoms with Crippen LogP contribution in [0.25, 0.3) is 0 Å². The van der Waals surface area contributed by atoms with Gasteiger partial charge in [0.25, 0.3) is 0 Å². The molecule has 1 atom stereocenters. The highest BCUT2D eigenvalue weighted by molar-refractivity contribution is 7.98. The third kappa shape index (κ3) is 5.43. The SMILES string of the molecule is CCc1c(C#N)c(SCc2cnn(CC(O)CN=O)c2)nc(N2CCC(N)CC2)c1C#N. The quantitative estimate of drug-likeness (QED) is 0.426. The van der Waals surface area contributed by atoms with Crippen molar-refractivity contribution >= 4 is 17.6 Å². The molecule has 10 nitrogen and oxygen atoms in total. The van der Waals surface area contributed by atoms with Crippen molar-refractivity contribution in [3.8, 4) is 12.1 Å². The van der Waals surface area contributed by atoms with Crippen LogP contribution in [-0.2, 0) is 18.7 Å². The lowest BCUT2D eigenvalue weighted by molar-refractivity contribution is 0.157. The third-order valence-corrected chi connectivity index (χ3v) is 6.46. The lowest BCUT2D eigenvalue weighted by Crippen LogP contribution is -2.40. The van der Waals surface area contributed by atoms with Crippen LogP contribution in [0.2, 0.25) is 0 Å². The number of anilines is 1. The van der Waals surface area contributed by atoms with Crippen LogP contribution in [0, 0.1) is 27.6 Å². The largest absolute Gasteiger partial charge is 0.389 e. The first-order chi connectivity index (χ1) is 15.5. The molecule has 3 rings (SSSR count). The Morgan fingerprint density at radius 1 is 1.34 bits per heavy atom. The van der Waals surface area contributed by atoms with Crippen LogP contribution in [-0.4, -0.2) is 51.7 Å². The summed E-state index contributed by atoms with van der Waals surface area (Å²) in [6.45, 7) is 3.38. The lowest BCUT2D eigenvalue weighted by Gasteiger charge is -2.32. The fourth-order valence-electron chi connectivity index (χ4n) is 3.72. The molecule has 1 fully saturated rings. The number of aliphatic hydroxyl groups excluding tert-OH is 1. The van der Waals surface area contributed by atoms with Crippen molar-refractivity contribution < 1.29 is 5.11 Å². The molecule has 2 aromatic rings. The normalized spacial score (nSPS) is 15.2. The summed E-state index contributed by atoms with van der Waals surface area (Å²) in [7, 11) is 0. The minimum absolute atomic E-state index is 0.159. The topological polar surface area (TPSA) is 157 Å². The Hall–Kier alpha value is -2.99. The van der Waals surface area contributed by atoms with Crippen LogP contribution < -0.4 is 10.6 Å². The van der Waals surface area contributed by atoms with Gasteiger partial charge >= 0.3 is 0 Å². The first-order valence-corrected chi connectivity index (χ1v) is 11.5. The maximum absolute atomic E-state index is 10.3. The van der Waals surface area contributed by atoms with Crippen molar-refractivity contribution in [2.45, 2.75) is 55.7 Å².